The fourth-order valence-electron chi connectivity index (χ4n) is 3.21. The molecule has 2 amide bonds. The SMILES string of the molecule is CC(=O)NC(CSc1ccccc1)C(=O)N1CCN(c2ccccc2F)CC1. The maximum Gasteiger partial charge on any atom is 0.246 e. The van der Waals surface area contributed by atoms with Crippen LogP contribution in [0, 0.1) is 5.82 Å². The summed E-state index contributed by atoms with van der Waals surface area (Å²) in [6, 6.07) is 15.9. The molecule has 0 spiro atoms. The first-order chi connectivity index (χ1) is 13.5. The Hall–Kier alpha value is -2.54. The number of benzene rings is 2. The molecule has 1 fully saturated rings. The van der Waals surface area contributed by atoms with E-state index in [1.165, 1.54) is 24.8 Å². The van der Waals surface area contributed by atoms with E-state index in [-0.39, 0.29) is 17.6 Å². The largest absolute Gasteiger partial charge is 0.366 e. The van der Waals surface area contributed by atoms with E-state index in [0.29, 0.717) is 37.6 Å². The normalized spacial score (nSPS) is 15.2. The molecule has 2 aromatic carbocycles. The molecule has 28 heavy (non-hydrogen) atoms. The van der Waals surface area contributed by atoms with Gasteiger partial charge in [-0.1, -0.05) is 30.3 Å². The number of carbonyl (C=O) groups is 2. The van der Waals surface area contributed by atoms with Gasteiger partial charge in [0, 0.05) is 43.8 Å². The average Bonchev–Trinajstić information content (AvgIpc) is 2.72. The molecule has 1 heterocycles. The number of hydrogen-bond acceptors (Lipinski definition) is 4. The summed E-state index contributed by atoms with van der Waals surface area (Å²) in [5, 5.41) is 2.77. The highest BCUT2D eigenvalue weighted by Gasteiger charge is 2.28. The van der Waals surface area contributed by atoms with Gasteiger partial charge in [0.2, 0.25) is 11.8 Å². The molecule has 1 aliphatic rings. The van der Waals surface area contributed by atoms with Gasteiger partial charge in [-0.3, -0.25) is 9.59 Å². The van der Waals surface area contributed by atoms with Gasteiger partial charge < -0.3 is 15.1 Å². The number of piperazine rings is 1. The number of anilines is 1. The number of thioether (sulfide) groups is 1. The first kappa shape index (κ1) is 20.2. The smallest absolute Gasteiger partial charge is 0.246 e. The van der Waals surface area contributed by atoms with E-state index in [1.54, 1.807) is 17.0 Å². The molecule has 2 aromatic rings. The number of nitrogens with one attached hydrogen (secondary N) is 1. The zero-order chi connectivity index (χ0) is 19.9. The standard InChI is InChI=1S/C21H24FN3O2S/c1-16(26)23-19(15-28-17-7-3-2-4-8-17)21(27)25-13-11-24(12-14-25)20-10-6-5-9-18(20)22/h2-10,19H,11-15H2,1H3,(H,23,26). The van der Waals surface area contributed by atoms with Crippen molar-refractivity contribution in [1.82, 2.24) is 10.2 Å². The van der Waals surface area contributed by atoms with E-state index in [1.807, 2.05) is 41.3 Å². The van der Waals surface area contributed by atoms with Gasteiger partial charge in [-0.25, -0.2) is 4.39 Å². The Kier molecular flexibility index (Phi) is 6.92. The van der Waals surface area contributed by atoms with Gasteiger partial charge in [0.05, 0.1) is 5.69 Å². The molecule has 0 bridgehead atoms. The summed E-state index contributed by atoms with van der Waals surface area (Å²) in [4.78, 5) is 29.3. The second-order valence-electron chi connectivity index (χ2n) is 6.64. The molecular formula is C21H24FN3O2S. The summed E-state index contributed by atoms with van der Waals surface area (Å²) in [5.41, 5.74) is 0.563. The molecule has 3 rings (SSSR count). The molecule has 0 aliphatic carbocycles. The molecule has 1 aliphatic heterocycles. The van der Waals surface area contributed by atoms with E-state index in [2.05, 4.69) is 5.32 Å². The molecule has 0 radical (unpaired) electrons. The Morgan fingerprint density at radius 3 is 2.32 bits per heavy atom. The molecule has 5 nitrogen and oxygen atoms in total. The Bertz CT molecular complexity index is 810. The van der Waals surface area contributed by atoms with Crippen molar-refractivity contribution in [2.75, 3.05) is 36.8 Å². The van der Waals surface area contributed by atoms with Gasteiger partial charge >= 0.3 is 0 Å². The van der Waals surface area contributed by atoms with Crippen molar-refractivity contribution in [3.05, 3.63) is 60.4 Å². The minimum absolute atomic E-state index is 0.0909. The highest BCUT2D eigenvalue weighted by molar-refractivity contribution is 7.99. The van der Waals surface area contributed by atoms with E-state index >= 15 is 0 Å². The predicted molar refractivity (Wildman–Crippen MR) is 110 cm³/mol. The lowest BCUT2D eigenvalue weighted by Gasteiger charge is -2.37. The zero-order valence-corrected chi connectivity index (χ0v) is 16.6. The molecule has 1 saturated heterocycles. The summed E-state index contributed by atoms with van der Waals surface area (Å²) in [6.07, 6.45) is 0. The van der Waals surface area contributed by atoms with E-state index < -0.39 is 6.04 Å². The van der Waals surface area contributed by atoms with Crippen LogP contribution in [0.25, 0.3) is 0 Å². The van der Waals surface area contributed by atoms with Crippen LogP contribution in [0.15, 0.2) is 59.5 Å². The number of hydrogen-bond donors (Lipinski definition) is 1. The van der Waals surface area contributed by atoms with Crippen LogP contribution < -0.4 is 10.2 Å². The molecular weight excluding hydrogens is 377 g/mol. The minimum atomic E-state index is -0.581. The Balaban J connectivity index is 1.60. The van der Waals surface area contributed by atoms with Crippen LogP contribution in [-0.4, -0.2) is 54.7 Å². The highest BCUT2D eigenvalue weighted by atomic mass is 32.2. The van der Waals surface area contributed by atoms with Gasteiger partial charge in [-0.05, 0) is 24.3 Å². The molecule has 7 heteroatoms. The third kappa shape index (κ3) is 5.25. The van der Waals surface area contributed by atoms with Crippen molar-refractivity contribution >= 4 is 29.3 Å². The van der Waals surface area contributed by atoms with Crippen LogP contribution in [0.1, 0.15) is 6.92 Å². The van der Waals surface area contributed by atoms with Crippen LogP contribution in [0.3, 0.4) is 0 Å². The monoisotopic (exact) mass is 401 g/mol. The van der Waals surface area contributed by atoms with E-state index in [9.17, 15) is 14.0 Å². The first-order valence-corrected chi connectivity index (χ1v) is 10.3. The maximum atomic E-state index is 14.0. The van der Waals surface area contributed by atoms with Crippen LogP contribution in [0.4, 0.5) is 10.1 Å². The molecule has 0 aromatic heterocycles. The fourth-order valence-corrected chi connectivity index (χ4v) is 4.15. The van der Waals surface area contributed by atoms with Gasteiger partial charge in [0.1, 0.15) is 11.9 Å². The lowest BCUT2D eigenvalue weighted by Crippen LogP contribution is -2.55. The summed E-state index contributed by atoms with van der Waals surface area (Å²) in [6.45, 7) is 3.54. The van der Waals surface area contributed by atoms with Gasteiger partial charge in [0.15, 0.2) is 0 Å². The number of rotatable bonds is 6. The van der Waals surface area contributed by atoms with Crippen molar-refractivity contribution in [1.29, 1.82) is 0 Å². The van der Waals surface area contributed by atoms with Crippen LogP contribution in [0.5, 0.6) is 0 Å². The van der Waals surface area contributed by atoms with Crippen molar-refractivity contribution in [2.24, 2.45) is 0 Å². The average molecular weight is 402 g/mol. The number of amides is 2. The summed E-state index contributed by atoms with van der Waals surface area (Å²) in [7, 11) is 0. The van der Waals surface area contributed by atoms with Crippen molar-refractivity contribution < 1.29 is 14.0 Å². The van der Waals surface area contributed by atoms with Crippen LogP contribution >= 0.6 is 11.8 Å². The van der Waals surface area contributed by atoms with Crippen LogP contribution in [-0.2, 0) is 9.59 Å². The molecule has 1 atom stereocenters. The predicted octanol–water partition coefficient (Wildman–Crippen LogP) is 2.77. The summed E-state index contributed by atoms with van der Waals surface area (Å²) < 4.78 is 14.0. The van der Waals surface area contributed by atoms with Gasteiger partial charge in [0.25, 0.3) is 0 Å². The fraction of sp³-hybridized carbons (Fsp3) is 0.333. The van der Waals surface area contributed by atoms with Gasteiger partial charge in [-0.15, -0.1) is 11.8 Å². The second-order valence-corrected chi connectivity index (χ2v) is 7.73. The Morgan fingerprint density at radius 1 is 1.04 bits per heavy atom. The highest BCUT2D eigenvalue weighted by Crippen LogP contribution is 2.22. The third-order valence-corrected chi connectivity index (χ3v) is 5.73. The molecule has 1 N–H and O–H groups in total. The second kappa shape index (κ2) is 9.59. The Labute approximate surface area is 168 Å². The van der Waals surface area contributed by atoms with E-state index in [4.69, 9.17) is 0 Å². The quantitative estimate of drug-likeness (QED) is 0.757. The number of para-hydroxylation sites is 1. The third-order valence-electron chi connectivity index (χ3n) is 4.62. The molecule has 0 saturated carbocycles. The summed E-state index contributed by atoms with van der Waals surface area (Å²) >= 11 is 1.54. The number of nitrogens with zero attached hydrogens (tertiary/aromatic N) is 2. The van der Waals surface area contributed by atoms with Crippen LogP contribution in [0.2, 0.25) is 0 Å². The molecule has 148 valence electrons. The topological polar surface area (TPSA) is 52.7 Å². The van der Waals surface area contributed by atoms with Crippen molar-refractivity contribution in [3.63, 3.8) is 0 Å². The maximum absolute atomic E-state index is 14.0. The van der Waals surface area contributed by atoms with E-state index in [0.717, 1.165) is 4.90 Å². The number of halogens is 1. The Morgan fingerprint density at radius 2 is 1.68 bits per heavy atom. The van der Waals surface area contributed by atoms with Crippen molar-refractivity contribution in [2.45, 2.75) is 17.9 Å². The zero-order valence-electron chi connectivity index (χ0n) is 15.8. The summed E-state index contributed by atoms with van der Waals surface area (Å²) in [5.74, 6) is -0.0999. The first-order valence-electron chi connectivity index (χ1n) is 9.28. The van der Waals surface area contributed by atoms with Crippen molar-refractivity contribution in [3.8, 4) is 0 Å². The lowest BCUT2D eigenvalue weighted by molar-refractivity contribution is -0.135. The minimum Gasteiger partial charge on any atom is -0.366 e. The number of carbonyl (C=O) groups excluding carboxylic acids is 2. The molecule has 1 unspecified atom stereocenters. The van der Waals surface area contributed by atoms with Gasteiger partial charge in [-0.2, -0.15) is 0 Å². The lowest BCUT2D eigenvalue weighted by atomic mass is 10.2.